The van der Waals surface area contributed by atoms with Crippen LogP contribution in [-0.2, 0) is 16.4 Å². The van der Waals surface area contributed by atoms with Gasteiger partial charge < -0.3 is 10.5 Å². The van der Waals surface area contributed by atoms with Crippen molar-refractivity contribution in [1.29, 1.82) is 0 Å². The molecule has 0 amide bonds. The Kier molecular flexibility index (Phi) is 5.97. The van der Waals surface area contributed by atoms with Gasteiger partial charge in [-0.1, -0.05) is 6.92 Å². The van der Waals surface area contributed by atoms with E-state index in [1.54, 1.807) is 6.92 Å². The molecular weight excluding hydrogens is 270 g/mol. The largest absolute Gasteiger partial charge is 0.490 e. The lowest BCUT2D eigenvalue weighted by atomic mass is 10.5. The molecule has 1 heterocycles. The molecule has 1 aromatic rings. The van der Waals surface area contributed by atoms with Gasteiger partial charge in [0.1, 0.15) is 12.4 Å². The maximum Gasteiger partial charge on any atom is 0.270 e. The highest BCUT2D eigenvalue weighted by Gasteiger charge is 2.10. The second kappa shape index (κ2) is 7.25. The van der Waals surface area contributed by atoms with Crippen molar-refractivity contribution in [1.82, 2.24) is 9.78 Å². The normalized spacial score (nSPS) is 11.5. The Hall–Kier alpha value is -1.41. The zero-order valence-electron chi connectivity index (χ0n) is 10.9. The molecule has 7 nitrogen and oxygen atoms in total. The van der Waals surface area contributed by atoms with E-state index in [2.05, 4.69) is 5.10 Å². The number of hydrogen-bond donors (Lipinski definition) is 1. The maximum absolute atomic E-state index is 11.7. The highest BCUT2D eigenvalue weighted by molar-refractivity contribution is 7.91. The quantitative estimate of drug-likeness (QED) is 0.685. The molecule has 19 heavy (non-hydrogen) atoms. The van der Waals surface area contributed by atoms with Gasteiger partial charge in [-0.25, -0.2) is 13.1 Å². The van der Waals surface area contributed by atoms with Gasteiger partial charge in [0.15, 0.2) is 9.84 Å². The molecule has 0 unspecified atom stereocenters. The van der Waals surface area contributed by atoms with Crippen molar-refractivity contribution >= 4 is 9.84 Å². The molecule has 0 saturated carbocycles. The third kappa shape index (κ3) is 5.39. The van der Waals surface area contributed by atoms with E-state index >= 15 is 0 Å². The molecule has 1 aromatic heterocycles. The topological polar surface area (TPSA) is 104 Å². The summed E-state index contributed by atoms with van der Waals surface area (Å²) >= 11 is 0. The van der Waals surface area contributed by atoms with Crippen molar-refractivity contribution in [2.45, 2.75) is 19.9 Å². The lowest BCUT2D eigenvalue weighted by Gasteiger charge is -2.07. The van der Waals surface area contributed by atoms with Crippen LogP contribution in [0.5, 0.6) is 5.75 Å². The van der Waals surface area contributed by atoms with E-state index in [0.29, 0.717) is 25.3 Å². The van der Waals surface area contributed by atoms with Crippen molar-refractivity contribution in [3.05, 3.63) is 22.6 Å². The minimum Gasteiger partial charge on any atom is -0.490 e. The van der Waals surface area contributed by atoms with Gasteiger partial charge in [-0.05, 0) is 6.42 Å². The van der Waals surface area contributed by atoms with Crippen LogP contribution in [0.15, 0.2) is 17.1 Å². The number of nitrogens with two attached hydrogens (primary N) is 1. The third-order valence-corrected chi connectivity index (χ3v) is 4.20. The SMILES string of the molecule is CCCS(=O)(=O)CCn1ncc(OCCN)cc1=O. The van der Waals surface area contributed by atoms with E-state index in [1.807, 2.05) is 0 Å². The zero-order valence-corrected chi connectivity index (χ0v) is 11.7. The number of aryl methyl sites for hydroxylation is 1. The molecule has 108 valence electrons. The third-order valence-electron chi connectivity index (χ3n) is 2.36. The molecule has 0 radical (unpaired) electrons. The number of hydrogen-bond acceptors (Lipinski definition) is 6. The summed E-state index contributed by atoms with van der Waals surface area (Å²) in [5.74, 6) is 0.374. The van der Waals surface area contributed by atoms with E-state index in [9.17, 15) is 13.2 Å². The molecule has 0 aliphatic carbocycles. The Morgan fingerprint density at radius 1 is 1.42 bits per heavy atom. The van der Waals surface area contributed by atoms with Gasteiger partial charge in [-0.15, -0.1) is 0 Å². The van der Waals surface area contributed by atoms with Gasteiger partial charge in [0.05, 0.1) is 18.5 Å². The minimum absolute atomic E-state index is 0.0539. The Morgan fingerprint density at radius 2 is 2.16 bits per heavy atom. The lowest BCUT2D eigenvalue weighted by Crippen LogP contribution is -2.26. The highest BCUT2D eigenvalue weighted by Crippen LogP contribution is 2.03. The number of sulfone groups is 1. The van der Waals surface area contributed by atoms with E-state index in [4.69, 9.17) is 10.5 Å². The second-order valence-corrected chi connectivity index (χ2v) is 6.35. The molecule has 0 aromatic carbocycles. The van der Waals surface area contributed by atoms with Gasteiger partial charge in [0.25, 0.3) is 5.56 Å². The smallest absolute Gasteiger partial charge is 0.270 e. The summed E-state index contributed by atoms with van der Waals surface area (Å²) < 4.78 is 29.4. The first-order valence-electron chi connectivity index (χ1n) is 6.09. The van der Waals surface area contributed by atoms with Crippen molar-refractivity contribution < 1.29 is 13.2 Å². The number of rotatable bonds is 8. The van der Waals surface area contributed by atoms with E-state index in [-0.39, 0.29) is 23.6 Å². The first-order chi connectivity index (χ1) is 8.98. The highest BCUT2D eigenvalue weighted by atomic mass is 32.2. The van der Waals surface area contributed by atoms with Gasteiger partial charge in [-0.2, -0.15) is 5.10 Å². The summed E-state index contributed by atoms with van der Waals surface area (Å²) in [4.78, 5) is 11.7. The van der Waals surface area contributed by atoms with E-state index in [1.165, 1.54) is 12.3 Å². The molecule has 0 bridgehead atoms. The van der Waals surface area contributed by atoms with Crippen molar-refractivity contribution in [2.24, 2.45) is 5.73 Å². The lowest BCUT2D eigenvalue weighted by molar-refractivity contribution is 0.324. The van der Waals surface area contributed by atoms with Crippen LogP contribution >= 0.6 is 0 Å². The molecule has 0 fully saturated rings. The predicted octanol–water partition coefficient (Wildman–Crippen LogP) is -0.594. The fraction of sp³-hybridized carbons (Fsp3) is 0.636. The Bertz CT molecular complexity index is 553. The van der Waals surface area contributed by atoms with Crippen molar-refractivity contribution in [3.8, 4) is 5.75 Å². The fourth-order valence-electron chi connectivity index (χ4n) is 1.48. The molecule has 0 atom stereocenters. The standard InChI is InChI=1S/C11H19N3O4S/c1-2-6-19(16,17)7-4-14-11(15)8-10(9-13-14)18-5-3-12/h8-9H,2-7,12H2,1H3. The van der Waals surface area contributed by atoms with Crippen LogP contribution in [-0.4, -0.2) is 42.9 Å². The molecule has 0 spiro atoms. The van der Waals surface area contributed by atoms with Gasteiger partial charge >= 0.3 is 0 Å². The van der Waals surface area contributed by atoms with Crippen LogP contribution in [0.25, 0.3) is 0 Å². The van der Waals surface area contributed by atoms with Crippen LogP contribution in [0.1, 0.15) is 13.3 Å². The monoisotopic (exact) mass is 289 g/mol. The summed E-state index contributed by atoms with van der Waals surface area (Å²) in [5, 5.41) is 3.87. The van der Waals surface area contributed by atoms with Gasteiger partial charge in [0, 0.05) is 18.4 Å². The molecule has 0 aliphatic rings. The summed E-state index contributed by atoms with van der Waals surface area (Å²) in [6.07, 6.45) is 1.94. The summed E-state index contributed by atoms with van der Waals surface area (Å²) in [7, 11) is -3.12. The predicted molar refractivity (Wildman–Crippen MR) is 72.0 cm³/mol. The fourth-order valence-corrected chi connectivity index (χ4v) is 2.76. The van der Waals surface area contributed by atoms with Crippen LogP contribution in [0, 0.1) is 0 Å². The van der Waals surface area contributed by atoms with Crippen LogP contribution < -0.4 is 16.0 Å². The number of nitrogens with zero attached hydrogens (tertiary/aromatic N) is 2. The number of aromatic nitrogens is 2. The molecular formula is C11H19N3O4S. The summed E-state index contributed by atoms with van der Waals surface area (Å²) in [5.41, 5.74) is 4.89. The average molecular weight is 289 g/mol. The Labute approximate surface area is 112 Å². The first-order valence-corrected chi connectivity index (χ1v) is 7.91. The van der Waals surface area contributed by atoms with Crippen molar-refractivity contribution in [2.75, 3.05) is 24.7 Å². The van der Waals surface area contributed by atoms with E-state index < -0.39 is 9.84 Å². The summed E-state index contributed by atoms with van der Waals surface area (Å²) in [6, 6.07) is 1.27. The zero-order chi connectivity index (χ0) is 14.3. The summed E-state index contributed by atoms with van der Waals surface area (Å²) in [6.45, 7) is 2.50. The number of ether oxygens (including phenoxy) is 1. The van der Waals surface area contributed by atoms with Gasteiger partial charge in [-0.3, -0.25) is 4.79 Å². The minimum atomic E-state index is -3.12. The van der Waals surface area contributed by atoms with Crippen LogP contribution in [0.4, 0.5) is 0 Å². The first kappa shape index (κ1) is 15.6. The van der Waals surface area contributed by atoms with Gasteiger partial charge in [0.2, 0.25) is 0 Å². The Balaban J connectivity index is 2.68. The van der Waals surface area contributed by atoms with E-state index in [0.717, 1.165) is 4.68 Å². The molecule has 1 rings (SSSR count). The Morgan fingerprint density at radius 3 is 2.74 bits per heavy atom. The average Bonchev–Trinajstić information content (AvgIpc) is 2.35. The maximum atomic E-state index is 11.7. The second-order valence-electron chi connectivity index (χ2n) is 4.04. The van der Waals surface area contributed by atoms with Crippen molar-refractivity contribution in [3.63, 3.8) is 0 Å². The molecule has 8 heteroatoms. The van der Waals surface area contributed by atoms with Crippen LogP contribution in [0.3, 0.4) is 0 Å². The molecule has 0 aliphatic heterocycles. The molecule has 0 saturated heterocycles. The van der Waals surface area contributed by atoms with Crippen LogP contribution in [0.2, 0.25) is 0 Å². The molecule has 2 N–H and O–H groups in total.